The van der Waals surface area contributed by atoms with E-state index in [1.54, 1.807) is 0 Å². The lowest BCUT2D eigenvalue weighted by molar-refractivity contribution is 0.136. The van der Waals surface area contributed by atoms with Gasteiger partial charge in [-0.15, -0.1) is 0 Å². The minimum Gasteiger partial charge on any atom is -0.395 e. The second kappa shape index (κ2) is 7.46. The van der Waals surface area contributed by atoms with Crippen molar-refractivity contribution in [2.75, 3.05) is 13.2 Å². The number of aryl methyl sites for hydroxylation is 1. The molecule has 0 aliphatic heterocycles. The van der Waals surface area contributed by atoms with Crippen molar-refractivity contribution in [3.63, 3.8) is 0 Å². The zero-order valence-electron chi connectivity index (χ0n) is 11.3. The summed E-state index contributed by atoms with van der Waals surface area (Å²) < 4.78 is 0. The Bertz CT molecular complexity index is 320. The average molecular weight is 235 g/mol. The third-order valence-corrected chi connectivity index (χ3v) is 3.48. The lowest BCUT2D eigenvalue weighted by Crippen LogP contribution is -2.36. The first-order chi connectivity index (χ1) is 8.22. The molecule has 2 nitrogen and oxygen atoms in total. The molecule has 0 fully saturated rings. The molecule has 1 rings (SSSR count). The van der Waals surface area contributed by atoms with E-state index in [1.807, 2.05) is 0 Å². The second-order valence-electron chi connectivity index (χ2n) is 4.59. The lowest BCUT2D eigenvalue weighted by Gasteiger charge is -2.30. The van der Waals surface area contributed by atoms with Crippen LogP contribution in [0.4, 0.5) is 0 Å². The number of nitrogens with zero attached hydrogens (tertiary/aromatic N) is 1. The number of aliphatic hydroxyl groups excluding tert-OH is 1. The van der Waals surface area contributed by atoms with Crippen LogP contribution in [-0.4, -0.2) is 29.2 Å². The van der Waals surface area contributed by atoms with Crippen LogP contribution in [0.1, 0.15) is 37.8 Å². The molecule has 0 unspecified atom stereocenters. The van der Waals surface area contributed by atoms with Gasteiger partial charge in [-0.1, -0.05) is 38.1 Å². The molecule has 0 spiro atoms. The topological polar surface area (TPSA) is 23.5 Å². The van der Waals surface area contributed by atoms with Crippen molar-refractivity contribution in [1.29, 1.82) is 0 Å². The lowest BCUT2D eigenvalue weighted by atomic mass is 10.1. The van der Waals surface area contributed by atoms with Gasteiger partial charge in [0.25, 0.3) is 0 Å². The van der Waals surface area contributed by atoms with E-state index in [0.29, 0.717) is 6.04 Å². The number of hydrogen-bond donors (Lipinski definition) is 1. The quantitative estimate of drug-likeness (QED) is 0.785. The largest absolute Gasteiger partial charge is 0.395 e. The third-order valence-electron chi connectivity index (χ3n) is 3.48. The second-order valence-corrected chi connectivity index (χ2v) is 4.59. The SMILES string of the molecule is CCC(CC)N(CCO)Cc1ccccc1C. The highest BCUT2D eigenvalue weighted by Gasteiger charge is 2.15. The van der Waals surface area contributed by atoms with Crippen molar-refractivity contribution in [2.45, 2.75) is 46.2 Å². The molecule has 0 bridgehead atoms. The summed E-state index contributed by atoms with van der Waals surface area (Å²) in [6.07, 6.45) is 2.28. The van der Waals surface area contributed by atoms with Crippen LogP contribution in [-0.2, 0) is 6.54 Å². The first-order valence-electron chi connectivity index (χ1n) is 6.62. The normalized spacial score (nSPS) is 11.4. The number of rotatable bonds is 7. The third kappa shape index (κ3) is 4.14. The predicted molar refractivity (Wildman–Crippen MR) is 73.0 cm³/mol. The molecule has 0 radical (unpaired) electrons. The Kier molecular flexibility index (Phi) is 6.23. The van der Waals surface area contributed by atoms with Crippen LogP contribution in [0.3, 0.4) is 0 Å². The Labute approximate surface area is 105 Å². The molecule has 0 atom stereocenters. The summed E-state index contributed by atoms with van der Waals surface area (Å²) in [7, 11) is 0. The number of benzene rings is 1. The molecular formula is C15H25NO. The van der Waals surface area contributed by atoms with E-state index in [0.717, 1.165) is 25.9 Å². The Balaban J connectivity index is 2.75. The highest BCUT2D eigenvalue weighted by molar-refractivity contribution is 5.25. The highest BCUT2D eigenvalue weighted by atomic mass is 16.3. The fraction of sp³-hybridized carbons (Fsp3) is 0.600. The van der Waals surface area contributed by atoms with E-state index < -0.39 is 0 Å². The van der Waals surface area contributed by atoms with Gasteiger partial charge >= 0.3 is 0 Å². The zero-order valence-corrected chi connectivity index (χ0v) is 11.3. The van der Waals surface area contributed by atoms with Crippen molar-refractivity contribution in [2.24, 2.45) is 0 Å². The van der Waals surface area contributed by atoms with E-state index >= 15 is 0 Å². The van der Waals surface area contributed by atoms with Gasteiger partial charge in [0.05, 0.1) is 6.61 Å². The van der Waals surface area contributed by atoms with E-state index in [4.69, 9.17) is 0 Å². The van der Waals surface area contributed by atoms with Crippen LogP contribution in [0, 0.1) is 6.92 Å². The molecule has 17 heavy (non-hydrogen) atoms. The summed E-state index contributed by atoms with van der Waals surface area (Å²) in [6.45, 7) is 8.54. The first-order valence-corrected chi connectivity index (χ1v) is 6.62. The van der Waals surface area contributed by atoms with Crippen LogP contribution in [0.15, 0.2) is 24.3 Å². The maximum absolute atomic E-state index is 9.18. The minimum atomic E-state index is 0.238. The summed E-state index contributed by atoms with van der Waals surface area (Å²) in [4.78, 5) is 2.39. The van der Waals surface area contributed by atoms with Gasteiger partial charge < -0.3 is 5.11 Å². The zero-order chi connectivity index (χ0) is 12.7. The van der Waals surface area contributed by atoms with Gasteiger partial charge in [-0.3, -0.25) is 4.90 Å². The molecule has 0 amide bonds. The molecule has 96 valence electrons. The molecule has 0 aliphatic rings. The minimum absolute atomic E-state index is 0.238. The number of hydrogen-bond acceptors (Lipinski definition) is 2. The maximum Gasteiger partial charge on any atom is 0.0558 e. The van der Waals surface area contributed by atoms with E-state index in [-0.39, 0.29) is 6.61 Å². The van der Waals surface area contributed by atoms with E-state index in [1.165, 1.54) is 11.1 Å². The van der Waals surface area contributed by atoms with Crippen molar-refractivity contribution in [3.05, 3.63) is 35.4 Å². The summed E-state index contributed by atoms with van der Waals surface area (Å²) >= 11 is 0. The standard InChI is InChI=1S/C15H25NO/c1-4-15(5-2)16(10-11-17)12-14-9-7-6-8-13(14)3/h6-9,15,17H,4-5,10-12H2,1-3H3. The molecule has 1 aromatic carbocycles. The molecule has 0 aliphatic carbocycles. The maximum atomic E-state index is 9.18. The van der Waals surface area contributed by atoms with Crippen LogP contribution in [0.25, 0.3) is 0 Å². The van der Waals surface area contributed by atoms with Gasteiger partial charge in [0.2, 0.25) is 0 Å². The first kappa shape index (κ1) is 14.2. The molecule has 2 heteroatoms. The monoisotopic (exact) mass is 235 g/mol. The van der Waals surface area contributed by atoms with Gasteiger partial charge in [0.1, 0.15) is 0 Å². The Morgan fingerprint density at radius 1 is 1.18 bits per heavy atom. The van der Waals surface area contributed by atoms with Crippen molar-refractivity contribution in [1.82, 2.24) is 4.90 Å². The average Bonchev–Trinajstić information content (AvgIpc) is 2.34. The Hall–Kier alpha value is -0.860. The van der Waals surface area contributed by atoms with Gasteiger partial charge in [-0.05, 0) is 30.9 Å². The fourth-order valence-electron chi connectivity index (χ4n) is 2.33. The molecule has 0 heterocycles. The van der Waals surface area contributed by atoms with Crippen LogP contribution >= 0.6 is 0 Å². The molecule has 1 aromatic rings. The van der Waals surface area contributed by atoms with Gasteiger partial charge in [-0.2, -0.15) is 0 Å². The Morgan fingerprint density at radius 3 is 2.35 bits per heavy atom. The smallest absolute Gasteiger partial charge is 0.0558 e. The molecule has 0 aromatic heterocycles. The summed E-state index contributed by atoms with van der Waals surface area (Å²) in [5.74, 6) is 0. The van der Waals surface area contributed by atoms with E-state index in [2.05, 4.69) is 49.9 Å². The summed E-state index contributed by atoms with van der Waals surface area (Å²) in [5, 5.41) is 9.18. The van der Waals surface area contributed by atoms with Crippen molar-refractivity contribution in [3.8, 4) is 0 Å². The van der Waals surface area contributed by atoms with Crippen LogP contribution in [0.5, 0.6) is 0 Å². The van der Waals surface area contributed by atoms with Crippen LogP contribution < -0.4 is 0 Å². The van der Waals surface area contributed by atoms with Crippen LogP contribution in [0.2, 0.25) is 0 Å². The van der Waals surface area contributed by atoms with Crippen molar-refractivity contribution >= 4 is 0 Å². The molecule has 0 saturated heterocycles. The predicted octanol–water partition coefficient (Wildman–Crippen LogP) is 2.98. The highest BCUT2D eigenvalue weighted by Crippen LogP contribution is 2.15. The van der Waals surface area contributed by atoms with Crippen molar-refractivity contribution < 1.29 is 5.11 Å². The van der Waals surface area contributed by atoms with Gasteiger partial charge in [0, 0.05) is 19.1 Å². The molecule has 0 saturated carbocycles. The van der Waals surface area contributed by atoms with E-state index in [9.17, 15) is 5.11 Å². The Morgan fingerprint density at radius 2 is 1.82 bits per heavy atom. The van der Waals surface area contributed by atoms with Gasteiger partial charge in [0.15, 0.2) is 0 Å². The van der Waals surface area contributed by atoms with Gasteiger partial charge in [-0.25, -0.2) is 0 Å². The summed E-state index contributed by atoms with van der Waals surface area (Å²) in [5.41, 5.74) is 2.70. The molecular weight excluding hydrogens is 210 g/mol. The fourth-order valence-corrected chi connectivity index (χ4v) is 2.33. The summed E-state index contributed by atoms with van der Waals surface area (Å²) in [6, 6.07) is 9.07. The molecule has 1 N–H and O–H groups in total. The number of aliphatic hydroxyl groups is 1.